The van der Waals surface area contributed by atoms with Crippen molar-refractivity contribution in [2.24, 2.45) is 11.3 Å². The highest BCUT2D eigenvalue weighted by Crippen LogP contribution is 2.60. The van der Waals surface area contributed by atoms with Gasteiger partial charge in [-0.15, -0.1) is 0 Å². The van der Waals surface area contributed by atoms with Gasteiger partial charge >= 0.3 is 11.9 Å². The van der Waals surface area contributed by atoms with Crippen LogP contribution in [0.5, 0.6) is 0 Å². The number of carbonyl (C=O) groups is 3. The third kappa shape index (κ3) is 3.43. The Morgan fingerprint density at radius 1 is 1.19 bits per heavy atom. The molecule has 0 aromatic heterocycles. The van der Waals surface area contributed by atoms with Gasteiger partial charge in [-0.2, -0.15) is 0 Å². The van der Waals surface area contributed by atoms with Crippen LogP contribution in [0.4, 0.5) is 0 Å². The van der Waals surface area contributed by atoms with Crippen LogP contribution in [-0.2, 0) is 23.9 Å². The SMILES string of the molecule is CC(=O)O[C@H]1C[C@@](C)(OC(C)=O)C[C@H]2CC(=O)/C3=C/CCNCCC[C@@]321. The van der Waals surface area contributed by atoms with Gasteiger partial charge in [-0.05, 0) is 51.6 Å². The highest BCUT2D eigenvalue weighted by Gasteiger charge is 2.62. The monoisotopic (exact) mass is 363 g/mol. The van der Waals surface area contributed by atoms with E-state index in [-0.39, 0.29) is 23.6 Å². The van der Waals surface area contributed by atoms with Crippen LogP contribution in [0.2, 0.25) is 0 Å². The number of ether oxygens (including phenoxy) is 2. The maximum atomic E-state index is 12.9. The predicted octanol–water partition coefficient (Wildman–Crippen LogP) is 2.31. The van der Waals surface area contributed by atoms with E-state index in [9.17, 15) is 14.4 Å². The summed E-state index contributed by atoms with van der Waals surface area (Å²) in [5.41, 5.74) is -0.328. The molecule has 1 spiro atoms. The lowest BCUT2D eigenvalue weighted by Gasteiger charge is -2.51. The van der Waals surface area contributed by atoms with E-state index in [1.165, 1.54) is 13.8 Å². The minimum absolute atomic E-state index is 0.0294. The van der Waals surface area contributed by atoms with Crippen molar-refractivity contribution in [3.05, 3.63) is 11.6 Å². The fraction of sp³-hybridized carbons (Fsp3) is 0.750. The van der Waals surface area contributed by atoms with E-state index < -0.39 is 17.1 Å². The van der Waals surface area contributed by atoms with Gasteiger partial charge in [0.2, 0.25) is 0 Å². The van der Waals surface area contributed by atoms with E-state index in [2.05, 4.69) is 5.32 Å². The zero-order valence-corrected chi connectivity index (χ0v) is 15.9. The van der Waals surface area contributed by atoms with Gasteiger partial charge in [0, 0.05) is 37.7 Å². The summed E-state index contributed by atoms with van der Waals surface area (Å²) in [6.45, 7) is 6.42. The molecular weight excluding hydrogens is 334 g/mol. The molecule has 2 saturated carbocycles. The molecule has 26 heavy (non-hydrogen) atoms. The molecule has 4 atom stereocenters. The Balaban J connectivity index is 2.04. The van der Waals surface area contributed by atoms with E-state index >= 15 is 0 Å². The normalized spacial score (nSPS) is 39.3. The standard InChI is InChI=1S/C20H29NO5/c1-13(22)25-18-12-19(3,26-14(2)23)11-15-10-17(24)16-6-4-8-21-9-5-7-20(15,16)18/h6,15,18,21H,4-5,7-12H2,1-3H3/b16-6-/t15-,18+,19+,20+/m1/s1. The number of rotatable bonds is 2. The zero-order chi connectivity index (χ0) is 18.9. The van der Waals surface area contributed by atoms with E-state index in [1.54, 1.807) is 0 Å². The number of hydrogen-bond acceptors (Lipinski definition) is 6. The van der Waals surface area contributed by atoms with Crippen LogP contribution in [0.3, 0.4) is 0 Å². The summed E-state index contributed by atoms with van der Waals surface area (Å²) in [4.78, 5) is 36.3. The molecular formula is C20H29NO5. The summed E-state index contributed by atoms with van der Waals surface area (Å²) in [5, 5.41) is 3.39. The minimum atomic E-state index is -0.714. The van der Waals surface area contributed by atoms with Crippen LogP contribution < -0.4 is 5.32 Å². The van der Waals surface area contributed by atoms with Crippen molar-refractivity contribution in [2.45, 2.75) is 71.0 Å². The van der Waals surface area contributed by atoms with Crippen LogP contribution in [0.1, 0.15) is 59.3 Å². The first-order valence-electron chi connectivity index (χ1n) is 9.58. The highest BCUT2D eigenvalue weighted by molar-refractivity contribution is 6.00. The maximum Gasteiger partial charge on any atom is 0.303 e. The van der Waals surface area contributed by atoms with Crippen molar-refractivity contribution in [2.75, 3.05) is 13.1 Å². The quantitative estimate of drug-likeness (QED) is 0.758. The first-order valence-corrected chi connectivity index (χ1v) is 9.58. The number of ketones is 1. The van der Waals surface area contributed by atoms with Crippen LogP contribution in [0, 0.1) is 11.3 Å². The molecule has 0 aromatic rings. The van der Waals surface area contributed by atoms with Crippen molar-refractivity contribution in [3.63, 3.8) is 0 Å². The molecule has 6 heteroatoms. The maximum absolute atomic E-state index is 12.9. The van der Waals surface area contributed by atoms with Crippen molar-refractivity contribution < 1.29 is 23.9 Å². The average molecular weight is 363 g/mol. The molecule has 6 nitrogen and oxygen atoms in total. The molecule has 0 amide bonds. The predicted molar refractivity (Wildman–Crippen MR) is 95.3 cm³/mol. The highest BCUT2D eigenvalue weighted by atomic mass is 16.6. The second kappa shape index (κ2) is 7.14. The molecule has 0 unspecified atom stereocenters. The Morgan fingerprint density at radius 2 is 1.96 bits per heavy atom. The number of carbonyl (C=O) groups excluding carboxylic acids is 3. The lowest BCUT2D eigenvalue weighted by Crippen LogP contribution is -2.54. The van der Waals surface area contributed by atoms with Gasteiger partial charge in [-0.3, -0.25) is 14.4 Å². The fourth-order valence-corrected chi connectivity index (χ4v) is 5.40. The number of Topliss-reactive ketones (excluding diaryl/α,β-unsaturated/α-hetero) is 1. The Hall–Kier alpha value is -1.69. The minimum Gasteiger partial charge on any atom is -0.461 e. The Kier molecular flexibility index (Phi) is 5.24. The summed E-state index contributed by atoms with van der Waals surface area (Å²) in [6.07, 6.45) is 5.61. The van der Waals surface area contributed by atoms with E-state index in [0.717, 1.165) is 37.9 Å². The molecule has 1 aliphatic heterocycles. The lowest BCUT2D eigenvalue weighted by molar-refractivity contribution is -0.185. The molecule has 0 saturated heterocycles. The topological polar surface area (TPSA) is 81.7 Å². The summed E-state index contributed by atoms with van der Waals surface area (Å²) in [6, 6.07) is 0. The Morgan fingerprint density at radius 3 is 2.65 bits per heavy atom. The van der Waals surface area contributed by atoms with Gasteiger partial charge in [-0.1, -0.05) is 6.08 Å². The molecule has 2 fully saturated rings. The van der Waals surface area contributed by atoms with Gasteiger partial charge in [0.05, 0.1) is 0 Å². The van der Waals surface area contributed by atoms with Crippen LogP contribution in [0.15, 0.2) is 11.6 Å². The molecule has 0 aromatic carbocycles. The molecule has 144 valence electrons. The van der Waals surface area contributed by atoms with E-state index in [1.807, 2.05) is 13.0 Å². The Bertz CT molecular complexity index is 642. The van der Waals surface area contributed by atoms with Gasteiger partial charge in [-0.25, -0.2) is 0 Å². The lowest BCUT2D eigenvalue weighted by atomic mass is 9.58. The zero-order valence-electron chi connectivity index (χ0n) is 15.9. The number of nitrogens with one attached hydrogen (secondary N) is 1. The third-order valence-electron chi connectivity index (χ3n) is 6.14. The van der Waals surface area contributed by atoms with Crippen LogP contribution >= 0.6 is 0 Å². The van der Waals surface area contributed by atoms with Gasteiger partial charge in [0.25, 0.3) is 0 Å². The molecule has 1 N–H and O–H groups in total. The van der Waals surface area contributed by atoms with Crippen molar-refractivity contribution in [1.29, 1.82) is 0 Å². The first-order chi connectivity index (χ1) is 12.3. The smallest absolute Gasteiger partial charge is 0.303 e. The van der Waals surface area contributed by atoms with Crippen LogP contribution in [0.25, 0.3) is 0 Å². The van der Waals surface area contributed by atoms with Crippen molar-refractivity contribution >= 4 is 17.7 Å². The first kappa shape index (κ1) is 19.1. The molecule has 0 bridgehead atoms. The number of hydrogen-bond donors (Lipinski definition) is 1. The Labute approximate surface area is 154 Å². The summed E-state index contributed by atoms with van der Waals surface area (Å²) >= 11 is 0. The van der Waals surface area contributed by atoms with Crippen molar-refractivity contribution in [1.82, 2.24) is 5.32 Å². The van der Waals surface area contributed by atoms with Gasteiger partial charge < -0.3 is 14.8 Å². The second-order valence-corrected chi connectivity index (χ2v) is 8.17. The molecule has 2 aliphatic carbocycles. The van der Waals surface area contributed by atoms with E-state index in [4.69, 9.17) is 9.47 Å². The fourth-order valence-electron chi connectivity index (χ4n) is 5.40. The number of esters is 2. The van der Waals surface area contributed by atoms with Crippen molar-refractivity contribution in [3.8, 4) is 0 Å². The van der Waals surface area contributed by atoms with Gasteiger partial charge in [0.15, 0.2) is 5.78 Å². The second-order valence-electron chi connectivity index (χ2n) is 8.17. The van der Waals surface area contributed by atoms with E-state index in [0.29, 0.717) is 19.3 Å². The molecule has 1 heterocycles. The third-order valence-corrected chi connectivity index (χ3v) is 6.14. The van der Waals surface area contributed by atoms with Gasteiger partial charge in [0.1, 0.15) is 11.7 Å². The summed E-state index contributed by atoms with van der Waals surface area (Å²) < 4.78 is 11.4. The van der Waals surface area contributed by atoms with Crippen LogP contribution in [-0.4, -0.2) is 42.5 Å². The largest absolute Gasteiger partial charge is 0.461 e. The molecule has 3 aliphatic rings. The summed E-state index contributed by atoms with van der Waals surface area (Å²) in [5.74, 6) is -0.515. The average Bonchev–Trinajstić information content (AvgIpc) is 2.82. The molecule has 0 radical (unpaired) electrons. The molecule has 3 rings (SSSR count). The summed E-state index contributed by atoms with van der Waals surface area (Å²) in [7, 11) is 0.